The number of rotatable bonds is 6. The second-order valence-corrected chi connectivity index (χ2v) is 8.52. The Morgan fingerprint density at radius 1 is 1.30 bits per heavy atom. The van der Waals surface area contributed by atoms with Crippen molar-refractivity contribution in [3.63, 3.8) is 0 Å². The molecule has 0 radical (unpaired) electrons. The van der Waals surface area contributed by atoms with E-state index in [2.05, 4.69) is 9.62 Å². The normalized spacial score (nSPS) is 18.3. The molecule has 5 nitrogen and oxygen atoms in total. The molecular weight excluding hydrogens is 332 g/mol. The number of hydrogen-bond donors (Lipinski definition) is 1. The average Bonchev–Trinajstić information content (AvgIpc) is 3.25. The molecule has 1 aromatic carbocycles. The Morgan fingerprint density at radius 3 is 2.74 bits per heavy atom. The van der Waals surface area contributed by atoms with Gasteiger partial charge in [0, 0.05) is 25.3 Å². The van der Waals surface area contributed by atoms with Crippen molar-refractivity contribution in [2.24, 2.45) is 5.92 Å². The number of sulfonamides is 1. The first-order valence-corrected chi connectivity index (χ1v) is 9.87. The standard InChI is InChI=1S/C16H20N2O3S2/c1-21-15-6-4-14(5-7-15)18-9-8-13(12-18)11-17-23(19,20)16-3-2-10-22-16/h2-7,10,13,17H,8-9,11-12H2,1H3. The smallest absolute Gasteiger partial charge is 0.250 e. The van der Waals surface area contributed by atoms with Gasteiger partial charge in [-0.05, 0) is 48.1 Å². The minimum Gasteiger partial charge on any atom is -0.497 e. The molecule has 1 aliphatic heterocycles. The molecular formula is C16H20N2O3S2. The van der Waals surface area contributed by atoms with E-state index in [1.807, 2.05) is 24.3 Å². The molecule has 0 aliphatic carbocycles. The van der Waals surface area contributed by atoms with Crippen LogP contribution in [0.25, 0.3) is 0 Å². The third kappa shape index (κ3) is 3.85. The number of nitrogens with zero attached hydrogens (tertiary/aromatic N) is 1. The molecule has 1 aliphatic rings. The quantitative estimate of drug-likeness (QED) is 0.868. The molecule has 2 heterocycles. The first-order chi connectivity index (χ1) is 11.1. The van der Waals surface area contributed by atoms with Crippen LogP contribution >= 0.6 is 11.3 Å². The summed E-state index contributed by atoms with van der Waals surface area (Å²) in [7, 11) is -1.71. The number of methoxy groups -OCH3 is 1. The van der Waals surface area contributed by atoms with Crippen LogP contribution in [0.1, 0.15) is 6.42 Å². The maximum absolute atomic E-state index is 12.1. The molecule has 1 aromatic heterocycles. The largest absolute Gasteiger partial charge is 0.497 e. The summed E-state index contributed by atoms with van der Waals surface area (Å²) in [5, 5.41) is 1.77. The van der Waals surface area contributed by atoms with Crippen molar-refractivity contribution in [3.05, 3.63) is 41.8 Å². The molecule has 7 heteroatoms. The lowest BCUT2D eigenvalue weighted by molar-refractivity contribution is 0.415. The van der Waals surface area contributed by atoms with Gasteiger partial charge in [-0.3, -0.25) is 0 Å². The van der Waals surface area contributed by atoms with Gasteiger partial charge in [-0.2, -0.15) is 0 Å². The third-order valence-electron chi connectivity index (χ3n) is 4.05. The van der Waals surface area contributed by atoms with E-state index >= 15 is 0 Å². The summed E-state index contributed by atoms with van der Waals surface area (Å²) in [6, 6.07) is 11.4. The zero-order chi connectivity index (χ0) is 16.3. The maximum atomic E-state index is 12.1. The highest BCUT2D eigenvalue weighted by atomic mass is 32.2. The monoisotopic (exact) mass is 352 g/mol. The lowest BCUT2D eigenvalue weighted by Crippen LogP contribution is -2.30. The van der Waals surface area contributed by atoms with Gasteiger partial charge in [-0.25, -0.2) is 13.1 Å². The van der Waals surface area contributed by atoms with Gasteiger partial charge in [0.2, 0.25) is 10.0 Å². The van der Waals surface area contributed by atoms with E-state index < -0.39 is 10.0 Å². The Morgan fingerprint density at radius 2 is 2.09 bits per heavy atom. The van der Waals surface area contributed by atoms with E-state index in [-0.39, 0.29) is 0 Å². The minimum absolute atomic E-state index is 0.326. The van der Waals surface area contributed by atoms with Crippen LogP contribution in [0.2, 0.25) is 0 Å². The van der Waals surface area contributed by atoms with Gasteiger partial charge < -0.3 is 9.64 Å². The van der Waals surface area contributed by atoms with E-state index in [0.717, 1.165) is 30.9 Å². The molecule has 0 bridgehead atoms. The lowest BCUT2D eigenvalue weighted by atomic mass is 10.1. The molecule has 0 amide bonds. The SMILES string of the molecule is COc1ccc(N2CCC(CNS(=O)(=O)c3cccs3)C2)cc1. The van der Waals surface area contributed by atoms with Crippen LogP contribution in [-0.4, -0.2) is 35.2 Å². The summed E-state index contributed by atoms with van der Waals surface area (Å²) in [4.78, 5) is 2.28. The van der Waals surface area contributed by atoms with E-state index in [0.29, 0.717) is 16.7 Å². The van der Waals surface area contributed by atoms with Crippen LogP contribution in [0.5, 0.6) is 5.75 Å². The van der Waals surface area contributed by atoms with E-state index in [1.54, 1.807) is 24.6 Å². The Labute approximate surface area is 140 Å². The topological polar surface area (TPSA) is 58.6 Å². The van der Waals surface area contributed by atoms with Crippen molar-refractivity contribution >= 4 is 27.0 Å². The number of nitrogens with one attached hydrogen (secondary N) is 1. The van der Waals surface area contributed by atoms with E-state index in [9.17, 15) is 8.42 Å². The molecule has 0 spiro atoms. The van der Waals surface area contributed by atoms with Crippen molar-refractivity contribution < 1.29 is 13.2 Å². The summed E-state index contributed by atoms with van der Waals surface area (Å²) in [5.41, 5.74) is 1.15. The molecule has 1 N–H and O–H groups in total. The number of hydrogen-bond acceptors (Lipinski definition) is 5. The van der Waals surface area contributed by atoms with Crippen molar-refractivity contribution in [1.82, 2.24) is 4.72 Å². The Balaban J connectivity index is 1.55. The molecule has 124 valence electrons. The first-order valence-electron chi connectivity index (χ1n) is 7.50. The average molecular weight is 352 g/mol. The van der Waals surface area contributed by atoms with Gasteiger partial charge in [0.25, 0.3) is 0 Å². The Bertz CT molecular complexity index is 727. The van der Waals surface area contributed by atoms with E-state index in [1.165, 1.54) is 11.3 Å². The van der Waals surface area contributed by atoms with Crippen LogP contribution in [0.3, 0.4) is 0 Å². The number of benzene rings is 1. The molecule has 2 aromatic rings. The highest BCUT2D eigenvalue weighted by molar-refractivity contribution is 7.91. The summed E-state index contributed by atoms with van der Waals surface area (Å²) < 4.78 is 32.6. The molecule has 0 saturated carbocycles. The van der Waals surface area contributed by atoms with Crippen LogP contribution in [0, 0.1) is 5.92 Å². The number of ether oxygens (including phenoxy) is 1. The summed E-state index contributed by atoms with van der Waals surface area (Å²) in [6.45, 7) is 2.28. The summed E-state index contributed by atoms with van der Waals surface area (Å²) in [6.07, 6.45) is 0.985. The minimum atomic E-state index is -3.36. The molecule has 3 rings (SSSR count). The third-order valence-corrected chi connectivity index (χ3v) is 6.87. The van der Waals surface area contributed by atoms with Crippen LogP contribution in [-0.2, 0) is 10.0 Å². The fourth-order valence-electron chi connectivity index (χ4n) is 2.74. The molecule has 1 atom stereocenters. The highest BCUT2D eigenvalue weighted by Gasteiger charge is 2.25. The van der Waals surface area contributed by atoms with Gasteiger partial charge >= 0.3 is 0 Å². The Kier molecular flexibility index (Phi) is 4.89. The predicted octanol–water partition coefficient (Wildman–Crippen LogP) is 2.56. The van der Waals surface area contributed by atoms with Crippen LogP contribution < -0.4 is 14.4 Å². The maximum Gasteiger partial charge on any atom is 0.250 e. The zero-order valence-corrected chi connectivity index (χ0v) is 14.6. The number of anilines is 1. The van der Waals surface area contributed by atoms with Crippen LogP contribution in [0.15, 0.2) is 46.0 Å². The highest BCUT2D eigenvalue weighted by Crippen LogP contribution is 2.26. The molecule has 1 saturated heterocycles. The van der Waals surface area contributed by atoms with E-state index in [4.69, 9.17) is 4.74 Å². The van der Waals surface area contributed by atoms with Gasteiger partial charge in [0.15, 0.2) is 0 Å². The van der Waals surface area contributed by atoms with Gasteiger partial charge in [-0.1, -0.05) is 6.07 Å². The number of thiophene rings is 1. The second kappa shape index (κ2) is 6.90. The molecule has 23 heavy (non-hydrogen) atoms. The van der Waals surface area contributed by atoms with Crippen molar-refractivity contribution in [3.8, 4) is 5.75 Å². The molecule has 1 fully saturated rings. The zero-order valence-electron chi connectivity index (χ0n) is 12.9. The second-order valence-electron chi connectivity index (χ2n) is 5.58. The van der Waals surface area contributed by atoms with Gasteiger partial charge in [0.05, 0.1) is 7.11 Å². The Hall–Kier alpha value is -1.57. The fraction of sp³-hybridized carbons (Fsp3) is 0.375. The summed E-state index contributed by atoms with van der Waals surface area (Å²) in [5.74, 6) is 1.17. The summed E-state index contributed by atoms with van der Waals surface area (Å²) >= 11 is 1.24. The first kappa shape index (κ1) is 16.3. The van der Waals surface area contributed by atoms with Crippen molar-refractivity contribution in [2.45, 2.75) is 10.6 Å². The lowest BCUT2D eigenvalue weighted by Gasteiger charge is -2.19. The molecule has 1 unspecified atom stereocenters. The van der Waals surface area contributed by atoms with Gasteiger partial charge in [0.1, 0.15) is 9.96 Å². The van der Waals surface area contributed by atoms with Crippen molar-refractivity contribution in [2.75, 3.05) is 31.6 Å². The van der Waals surface area contributed by atoms with Crippen molar-refractivity contribution in [1.29, 1.82) is 0 Å². The predicted molar refractivity (Wildman–Crippen MR) is 92.8 cm³/mol. The fourth-order valence-corrected chi connectivity index (χ4v) is 4.90. The van der Waals surface area contributed by atoms with Crippen LogP contribution in [0.4, 0.5) is 5.69 Å². The van der Waals surface area contributed by atoms with Gasteiger partial charge in [-0.15, -0.1) is 11.3 Å².